The summed E-state index contributed by atoms with van der Waals surface area (Å²) in [7, 11) is 0. The zero-order valence-corrected chi connectivity index (χ0v) is 29.5. The molecule has 0 N–H and O–H groups in total. The van der Waals surface area contributed by atoms with Crippen LogP contribution in [-0.2, 0) is 28.7 Å². The van der Waals surface area contributed by atoms with E-state index in [1.165, 1.54) is 0 Å². The number of carbonyl (C=O) groups is 4. The lowest BCUT2D eigenvalue weighted by Gasteiger charge is -2.32. The van der Waals surface area contributed by atoms with Crippen LogP contribution in [0.3, 0.4) is 0 Å². The lowest BCUT2D eigenvalue weighted by Crippen LogP contribution is -2.32. The van der Waals surface area contributed by atoms with E-state index in [2.05, 4.69) is 0 Å². The van der Waals surface area contributed by atoms with E-state index in [9.17, 15) is 19.2 Å². The highest BCUT2D eigenvalue weighted by Gasteiger charge is 2.38. The second-order valence-electron chi connectivity index (χ2n) is 15.8. The summed E-state index contributed by atoms with van der Waals surface area (Å²) in [5.41, 5.74) is 2.05. The van der Waals surface area contributed by atoms with E-state index in [-0.39, 0.29) is 24.8 Å². The molecule has 2 rings (SSSR count). The molecule has 6 heteroatoms. The van der Waals surface area contributed by atoms with Crippen LogP contribution in [0.1, 0.15) is 96.9 Å². The van der Waals surface area contributed by atoms with Crippen LogP contribution in [0, 0.1) is 33.5 Å². The van der Waals surface area contributed by atoms with Crippen LogP contribution in [-0.4, -0.2) is 36.7 Å². The van der Waals surface area contributed by atoms with Gasteiger partial charge in [0, 0.05) is 22.3 Å². The van der Waals surface area contributed by atoms with Crippen molar-refractivity contribution in [3.05, 3.63) is 69.9 Å². The third-order valence-electron chi connectivity index (χ3n) is 7.70. The van der Waals surface area contributed by atoms with Gasteiger partial charge in [-0.15, -0.1) is 0 Å². The Labute approximate surface area is 265 Å². The number of Topliss-reactive ketones (excluding diaryl/α,β-unsaturated/α-hetero) is 2. The molecule has 0 heterocycles. The number of allylic oxidation sites excluding steroid dienone is 10. The summed E-state index contributed by atoms with van der Waals surface area (Å²) >= 11 is 0. The van der Waals surface area contributed by atoms with Crippen molar-refractivity contribution in [2.45, 2.75) is 96.9 Å². The molecule has 44 heavy (non-hydrogen) atoms. The maximum atomic E-state index is 13.6. The number of ether oxygens (including phenoxy) is 2. The summed E-state index contributed by atoms with van der Waals surface area (Å²) in [5, 5.41) is 0. The normalized spacial score (nSPS) is 18.0. The minimum Gasteiger partial charge on any atom is -0.466 e. The molecule has 242 valence electrons. The van der Waals surface area contributed by atoms with Gasteiger partial charge in [0.2, 0.25) is 0 Å². The Morgan fingerprint density at radius 2 is 0.773 bits per heavy atom. The number of hydrogen-bond acceptors (Lipinski definition) is 6. The zero-order chi connectivity index (χ0) is 34.0. The fourth-order valence-electron chi connectivity index (χ4n) is 5.25. The molecule has 2 atom stereocenters. The first-order valence-electron chi connectivity index (χ1n) is 15.7. The molecule has 0 saturated heterocycles. The fourth-order valence-corrected chi connectivity index (χ4v) is 5.25. The lowest BCUT2D eigenvalue weighted by atomic mass is 9.71. The summed E-state index contributed by atoms with van der Waals surface area (Å²) in [6, 6.07) is 0. The summed E-state index contributed by atoms with van der Waals surface area (Å²) < 4.78 is 11.0. The average Bonchev–Trinajstić information content (AvgIpc) is 2.85. The van der Waals surface area contributed by atoms with Crippen LogP contribution in [0.15, 0.2) is 69.9 Å². The highest BCUT2D eigenvalue weighted by atomic mass is 16.5. The van der Waals surface area contributed by atoms with Crippen LogP contribution >= 0.6 is 0 Å². The van der Waals surface area contributed by atoms with E-state index in [1.807, 2.05) is 107 Å². The number of rotatable bonds is 7. The Balaban J connectivity index is 2.95. The van der Waals surface area contributed by atoms with E-state index in [1.54, 1.807) is 26.0 Å². The van der Waals surface area contributed by atoms with E-state index in [0.29, 0.717) is 33.4 Å². The Morgan fingerprint density at radius 3 is 0.955 bits per heavy atom. The molecular formula is C38H54O6. The number of hydrogen-bond donors (Lipinski definition) is 0. The molecule has 0 fully saturated rings. The van der Waals surface area contributed by atoms with Gasteiger partial charge in [-0.1, -0.05) is 95.2 Å². The Bertz CT molecular complexity index is 1180. The van der Waals surface area contributed by atoms with Crippen molar-refractivity contribution in [1.29, 1.82) is 0 Å². The van der Waals surface area contributed by atoms with Crippen LogP contribution in [0.2, 0.25) is 0 Å². The highest BCUT2D eigenvalue weighted by molar-refractivity contribution is 6.12. The Hall–Kier alpha value is -3.28. The number of esters is 2. The van der Waals surface area contributed by atoms with Gasteiger partial charge in [-0.05, 0) is 71.0 Å². The molecule has 0 saturated carbocycles. The second kappa shape index (κ2) is 13.4. The van der Waals surface area contributed by atoms with Crippen molar-refractivity contribution in [2.75, 3.05) is 13.2 Å². The molecule has 0 aromatic heterocycles. The van der Waals surface area contributed by atoms with Crippen molar-refractivity contribution < 1.29 is 28.7 Å². The van der Waals surface area contributed by atoms with Crippen LogP contribution < -0.4 is 0 Å². The summed E-state index contributed by atoms with van der Waals surface area (Å²) in [4.78, 5) is 54.4. The quantitative estimate of drug-likeness (QED) is 0.271. The van der Waals surface area contributed by atoms with E-state index in [4.69, 9.17) is 9.47 Å². The molecule has 0 aliphatic heterocycles. The van der Waals surface area contributed by atoms with Gasteiger partial charge in [-0.3, -0.25) is 19.2 Å². The van der Waals surface area contributed by atoms with Crippen LogP contribution in [0.5, 0.6) is 0 Å². The van der Waals surface area contributed by atoms with Crippen LogP contribution in [0.25, 0.3) is 0 Å². The van der Waals surface area contributed by atoms with Crippen LogP contribution in [0.4, 0.5) is 0 Å². The molecule has 0 bridgehead atoms. The SMILES string of the molecule is CCOC(=O)C(C=C1C=C(C(C)(C)C)C(=O)C(C(C)(C)C)=C1)C(C=C1C=C(C(C)(C)C)C(=O)C(C(C)(C)C)=C1)C(=O)OCC. The third kappa shape index (κ3) is 8.89. The van der Waals surface area contributed by atoms with E-state index in [0.717, 1.165) is 0 Å². The zero-order valence-electron chi connectivity index (χ0n) is 29.5. The van der Waals surface area contributed by atoms with E-state index >= 15 is 0 Å². The van der Waals surface area contributed by atoms with Crippen molar-refractivity contribution >= 4 is 23.5 Å². The molecule has 6 nitrogen and oxygen atoms in total. The predicted molar refractivity (Wildman–Crippen MR) is 177 cm³/mol. The molecule has 2 aliphatic rings. The van der Waals surface area contributed by atoms with Crippen molar-refractivity contribution in [3.8, 4) is 0 Å². The molecule has 0 aromatic rings. The molecule has 0 spiro atoms. The molecular weight excluding hydrogens is 552 g/mol. The monoisotopic (exact) mass is 606 g/mol. The van der Waals surface area contributed by atoms with Gasteiger partial charge < -0.3 is 9.47 Å². The first-order valence-corrected chi connectivity index (χ1v) is 15.7. The predicted octanol–water partition coefficient (Wildman–Crippen LogP) is 8.25. The van der Waals surface area contributed by atoms with Gasteiger partial charge >= 0.3 is 11.9 Å². The number of carbonyl (C=O) groups excluding carboxylic acids is 4. The molecule has 0 aromatic carbocycles. The van der Waals surface area contributed by atoms with Gasteiger partial charge in [-0.25, -0.2) is 0 Å². The van der Waals surface area contributed by atoms with Gasteiger partial charge in [0.05, 0.1) is 25.0 Å². The van der Waals surface area contributed by atoms with Crippen molar-refractivity contribution in [1.82, 2.24) is 0 Å². The molecule has 2 unspecified atom stereocenters. The largest absolute Gasteiger partial charge is 0.466 e. The second-order valence-corrected chi connectivity index (χ2v) is 15.8. The minimum absolute atomic E-state index is 0.0227. The highest BCUT2D eigenvalue weighted by Crippen LogP contribution is 2.41. The van der Waals surface area contributed by atoms with Gasteiger partial charge in [-0.2, -0.15) is 0 Å². The maximum Gasteiger partial charge on any atom is 0.314 e. The van der Waals surface area contributed by atoms with Crippen molar-refractivity contribution in [2.24, 2.45) is 33.5 Å². The number of ketones is 2. The molecule has 0 radical (unpaired) electrons. The molecule has 2 aliphatic carbocycles. The van der Waals surface area contributed by atoms with E-state index < -0.39 is 45.4 Å². The topological polar surface area (TPSA) is 86.7 Å². The summed E-state index contributed by atoms with van der Waals surface area (Å²) in [5.74, 6) is -3.29. The van der Waals surface area contributed by atoms with Gasteiger partial charge in [0.15, 0.2) is 11.6 Å². The first-order chi connectivity index (χ1) is 19.9. The standard InChI is InChI=1S/C38H54O6/c1-15-43-33(41)25(17-23-19-27(35(3,4)5)31(39)28(20-23)36(6,7)8)26(34(42)44-16-2)18-24-21-29(37(9,10)11)32(40)30(22-24)38(12,13)14/h17-22,25-26H,15-16H2,1-14H3. The maximum absolute atomic E-state index is 13.6. The summed E-state index contributed by atoms with van der Waals surface area (Å²) in [6.07, 6.45) is 10.7. The van der Waals surface area contributed by atoms with Gasteiger partial charge in [0.25, 0.3) is 0 Å². The smallest absolute Gasteiger partial charge is 0.314 e. The van der Waals surface area contributed by atoms with Gasteiger partial charge in [0.1, 0.15) is 0 Å². The fraction of sp³-hybridized carbons (Fsp3) is 0.579. The summed E-state index contributed by atoms with van der Waals surface area (Å²) in [6.45, 7) is 27.5. The minimum atomic E-state index is -1.05. The van der Waals surface area contributed by atoms with Crippen molar-refractivity contribution in [3.63, 3.8) is 0 Å². The Kier molecular flexibility index (Phi) is 11.2. The Morgan fingerprint density at radius 1 is 0.545 bits per heavy atom. The average molecular weight is 607 g/mol. The lowest BCUT2D eigenvalue weighted by molar-refractivity contribution is -0.156. The molecule has 0 amide bonds. The third-order valence-corrected chi connectivity index (χ3v) is 7.70. The first kappa shape index (κ1) is 36.9.